The monoisotopic (exact) mass is 503 g/mol. The van der Waals surface area contributed by atoms with Crippen molar-refractivity contribution in [3.63, 3.8) is 0 Å². The van der Waals surface area contributed by atoms with Gasteiger partial charge in [-0.15, -0.1) is 0 Å². The Morgan fingerprint density at radius 2 is 1.79 bits per heavy atom. The average molecular weight is 504 g/mol. The first kappa shape index (κ1) is 30.1. The van der Waals surface area contributed by atoms with E-state index in [0.717, 1.165) is 10.6 Å². The molecule has 0 unspecified atom stereocenters. The molecule has 0 saturated carbocycles. The number of carbonyl (C=O) groups excluding carboxylic acids is 1. The molecule has 0 bridgehead atoms. The Kier molecular flexibility index (Phi) is 11.3. The van der Waals surface area contributed by atoms with Crippen LogP contribution in [0, 0.1) is 5.82 Å². The number of carbonyl (C=O) groups is 1. The molecule has 0 spiro atoms. The molecular weight excluding hydrogens is 476 g/mol. The SMILES string of the molecule is CC(C)c1nc(N(C)S(C)(=O)=O)nc(-c2ccc(F)cc2)c1/C=C/[C@H](O)C[C@H](O)CC(=O)[O-].[Na+]. The molecule has 2 N–H and O–H groups in total. The number of aliphatic hydroxyl groups excluding tert-OH is 2. The van der Waals surface area contributed by atoms with E-state index >= 15 is 0 Å². The number of carboxylic acid groups (broad SMARTS) is 1. The molecule has 0 saturated heterocycles. The van der Waals surface area contributed by atoms with E-state index in [9.17, 15) is 32.9 Å². The van der Waals surface area contributed by atoms with Gasteiger partial charge in [-0.1, -0.05) is 26.0 Å². The molecule has 9 nitrogen and oxygen atoms in total. The molecule has 0 fully saturated rings. The number of sulfonamides is 1. The van der Waals surface area contributed by atoms with Gasteiger partial charge in [-0.2, -0.15) is 0 Å². The summed E-state index contributed by atoms with van der Waals surface area (Å²) >= 11 is 0. The first-order valence-electron chi connectivity index (χ1n) is 10.2. The smallest absolute Gasteiger partial charge is 0.550 e. The van der Waals surface area contributed by atoms with Gasteiger partial charge < -0.3 is 20.1 Å². The number of rotatable bonds is 10. The Morgan fingerprint density at radius 3 is 2.29 bits per heavy atom. The number of benzene rings is 1. The molecule has 1 aromatic carbocycles. The van der Waals surface area contributed by atoms with Gasteiger partial charge in [0.05, 0.1) is 29.9 Å². The van der Waals surface area contributed by atoms with Crippen molar-refractivity contribution in [3.05, 3.63) is 47.4 Å². The fourth-order valence-corrected chi connectivity index (χ4v) is 3.41. The molecule has 2 atom stereocenters. The van der Waals surface area contributed by atoms with Crippen LogP contribution < -0.4 is 39.0 Å². The van der Waals surface area contributed by atoms with Gasteiger partial charge >= 0.3 is 29.6 Å². The quantitative estimate of drug-likeness (QED) is 0.357. The third-order valence-electron chi connectivity index (χ3n) is 4.81. The maximum atomic E-state index is 13.5. The van der Waals surface area contributed by atoms with Crippen LogP contribution in [0.2, 0.25) is 0 Å². The second-order valence-electron chi connectivity index (χ2n) is 7.96. The summed E-state index contributed by atoms with van der Waals surface area (Å²) < 4.78 is 38.6. The van der Waals surface area contributed by atoms with Crippen LogP contribution in [0.4, 0.5) is 10.3 Å². The van der Waals surface area contributed by atoms with Crippen LogP contribution in [0.15, 0.2) is 30.3 Å². The van der Waals surface area contributed by atoms with Crippen LogP contribution in [0.3, 0.4) is 0 Å². The first-order valence-corrected chi connectivity index (χ1v) is 12.0. The van der Waals surface area contributed by atoms with E-state index in [-0.39, 0.29) is 47.8 Å². The van der Waals surface area contributed by atoms with Crippen molar-refractivity contribution < 1.29 is 62.5 Å². The van der Waals surface area contributed by atoms with Crippen molar-refractivity contribution in [2.24, 2.45) is 0 Å². The number of anilines is 1. The molecule has 0 aliphatic rings. The molecule has 0 amide bonds. The van der Waals surface area contributed by atoms with Gasteiger partial charge in [0.2, 0.25) is 16.0 Å². The van der Waals surface area contributed by atoms with Gasteiger partial charge in [0, 0.05) is 37.0 Å². The minimum absolute atomic E-state index is 0. The normalized spacial score (nSPS) is 13.5. The van der Waals surface area contributed by atoms with Crippen molar-refractivity contribution in [2.75, 3.05) is 17.6 Å². The van der Waals surface area contributed by atoms with Gasteiger partial charge in [0.15, 0.2) is 0 Å². The van der Waals surface area contributed by atoms with Crippen molar-refractivity contribution in [2.45, 2.75) is 44.8 Å². The summed E-state index contributed by atoms with van der Waals surface area (Å²) in [7, 11) is -2.34. The number of halogens is 1. The summed E-state index contributed by atoms with van der Waals surface area (Å²) in [6, 6.07) is 5.46. The molecule has 0 aliphatic carbocycles. The topological polar surface area (TPSA) is 144 Å². The van der Waals surface area contributed by atoms with Gasteiger partial charge in [-0.3, -0.25) is 0 Å². The van der Waals surface area contributed by atoms with Crippen molar-refractivity contribution in [1.29, 1.82) is 0 Å². The van der Waals surface area contributed by atoms with Crippen LogP contribution in [-0.4, -0.2) is 60.1 Å². The summed E-state index contributed by atoms with van der Waals surface area (Å²) in [6.45, 7) is 3.69. The van der Waals surface area contributed by atoms with E-state index in [1.54, 1.807) is 0 Å². The maximum Gasteiger partial charge on any atom is 1.00 e. The zero-order chi connectivity index (χ0) is 24.9. The zero-order valence-electron chi connectivity index (χ0n) is 19.8. The third-order valence-corrected chi connectivity index (χ3v) is 5.97. The fourth-order valence-electron chi connectivity index (χ4n) is 3.04. The minimum Gasteiger partial charge on any atom is -0.550 e. The Hall–Kier alpha value is -1.89. The van der Waals surface area contributed by atoms with Crippen molar-refractivity contribution in [3.8, 4) is 11.3 Å². The number of nitrogens with zero attached hydrogens (tertiary/aromatic N) is 3. The van der Waals surface area contributed by atoms with E-state index in [1.807, 2.05) is 13.8 Å². The molecule has 2 aromatic rings. The summed E-state index contributed by atoms with van der Waals surface area (Å²) in [5.74, 6) is -2.14. The second kappa shape index (κ2) is 12.7. The zero-order valence-corrected chi connectivity index (χ0v) is 22.6. The molecule has 2 rings (SSSR count). The van der Waals surface area contributed by atoms with Crippen LogP contribution in [-0.2, 0) is 14.8 Å². The Labute approximate surface area is 220 Å². The molecule has 1 aromatic heterocycles. The number of aromatic nitrogens is 2. The van der Waals surface area contributed by atoms with Crippen LogP contribution in [0.1, 0.15) is 43.9 Å². The number of hydrogen-bond acceptors (Lipinski definition) is 8. The fraction of sp³-hybridized carbons (Fsp3) is 0.409. The summed E-state index contributed by atoms with van der Waals surface area (Å²) in [5, 5.41) is 30.6. The van der Waals surface area contributed by atoms with Gasteiger partial charge in [0.25, 0.3) is 0 Å². The van der Waals surface area contributed by atoms with E-state index in [2.05, 4.69) is 9.97 Å². The number of aliphatic carboxylic acids is 1. The Morgan fingerprint density at radius 1 is 1.21 bits per heavy atom. The summed E-state index contributed by atoms with van der Waals surface area (Å²) in [4.78, 5) is 19.4. The van der Waals surface area contributed by atoms with E-state index < -0.39 is 40.4 Å². The van der Waals surface area contributed by atoms with Gasteiger partial charge in [-0.05, 0) is 30.2 Å². The van der Waals surface area contributed by atoms with Gasteiger partial charge in [0.1, 0.15) is 5.82 Å². The second-order valence-corrected chi connectivity index (χ2v) is 9.97. The van der Waals surface area contributed by atoms with E-state index in [4.69, 9.17) is 0 Å². The molecule has 0 radical (unpaired) electrons. The predicted octanol–water partition coefficient (Wildman–Crippen LogP) is -1.93. The molecule has 12 heteroatoms. The summed E-state index contributed by atoms with van der Waals surface area (Å²) in [6.07, 6.45) is 0.578. The first-order chi connectivity index (χ1) is 15.3. The maximum absolute atomic E-state index is 13.5. The number of hydrogen-bond donors (Lipinski definition) is 2. The third kappa shape index (κ3) is 8.40. The Bertz CT molecular complexity index is 1130. The van der Waals surface area contributed by atoms with Crippen LogP contribution >= 0.6 is 0 Å². The van der Waals surface area contributed by atoms with E-state index in [0.29, 0.717) is 22.5 Å². The summed E-state index contributed by atoms with van der Waals surface area (Å²) in [5.41, 5.74) is 1.76. The number of carboxylic acids is 1. The molecule has 0 aliphatic heterocycles. The van der Waals surface area contributed by atoms with Crippen molar-refractivity contribution >= 4 is 28.0 Å². The van der Waals surface area contributed by atoms with Crippen LogP contribution in [0.25, 0.3) is 17.3 Å². The van der Waals surface area contributed by atoms with E-state index in [1.165, 1.54) is 43.5 Å². The predicted molar refractivity (Wildman–Crippen MR) is 120 cm³/mol. The average Bonchev–Trinajstić information content (AvgIpc) is 2.70. The molecule has 34 heavy (non-hydrogen) atoms. The van der Waals surface area contributed by atoms with Gasteiger partial charge in [-0.25, -0.2) is 27.1 Å². The molecule has 180 valence electrons. The molecular formula is C22H27FN3NaO6S. The van der Waals surface area contributed by atoms with Crippen LogP contribution in [0.5, 0.6) is 0 Å². The molecule has 1 heterocycles. The minimum atomic E-state index is -3.66. The number of aliphatic hydroxyl groups is 2. The largest absolute Gasteiger partial charge is 1.00 e. The Balaban J connectivity index is 0.00000578. The standard InChI is InChI=1S/C22H28FN3O6S.Na/c1-13(2)20-18(10-9-16(27)11-17(28)12-19(29)30)21(14-5-7-15(23)8-6-14)25-22(24-20)26(3)33(4,31)32;/h5-10,13,16-17,27-28H,11-12H2,1-4H3,(H,29,30);/q;+1/p-1/b10-9+;/t16-,17-;/m0./s1. The van der Waals surface area contributed by atoms with Crippen molar-refractivity contribution in [1.82, 2.24) is 9.97 Å².